The van der Waals surface area contributed by atoms with Crippen molar-refractivity contribution in [1.29, 1.82) is 0 Å². The lowest BCUT2D eigenvalue weighted by Gasteiger charge is -2.12. The lowest BCUT2D eigenvalue weighted by molar-refractivity contribution is -0.127. The summed E-state index contributed by atoms with van der Waals surface area (Å²) in [5, 5.41) is 5.84. The van der Waals surface area contributed by atoms with E-state index in [2.05, 4.69) is 10.6 Å². The Labute approximate surface area is 153 Å². The first kappa shape index (κ1) is 18.6. The topological polar surface area (TPSA) is 61.4 Å². The Bertz CT molecular complexity index is 786. The molecular formula is C19H21N3O2S. The fourth-order valence-electron chi connectivity index (χ4n) is 2.16. The maximum atomic E-state index is 12.2. The predicted octanol–water partition coefficient (Wildman–Crippen LogP) is 2.75. The highest BCUT2D eigenvalue weighted by Crippen LogP contribution is 2.11. The van der Waals surface area contributed by atoms with Crippen LogP contribution in [-0.4, -0.2) is 35.9 Å². The van der Waals surface area contributed by atoms with E-state index in [1.807, 2.05) is 43.3 Å². The first-order chi connectivity index (χ1) is 11.8. The molecule has 0 bridgehead atoms. The molecule has 0 unspecified atom stereocenters. The number of amides is 2. The maximum Gasteiger partial charge on any atom is 0.257 e. The fourth-order valence-corrected chi connectivity index (χ4v) is 2.37. The van der Waals surface area contributed by atoms with E-state index in [0.29, 0.717) is 12.0 Å². The highest BCUT2D eigenvalue weighted by Gasteiger charge is 2.09. The molecule has 2 N–H and O–H groups in total. The van der Waals surface area contributed by atoms with Gasteiger partial charge in [0.25, 0.3) is 5.91 Å². The Morgan fingerprint density at radius 3 is 2.36 bits per heavy atom. The van der Waals surface area contributed by atoms with Crippen molar-refractivity contribution >= 4 is 34.8 Å². The van der Waals surface area contributed by atoms with Crippen molar-refractivity contribution in [3.8, 4) is 0 Å². The first-order valence-corrected chi connectivity index (χ1v) is 8.24. The maximum absolute atomic E-state index is 12.2. The number of carbonyl (C=O) groups is 2. The molecule has 0 heterocycles. The standard InChI is InChI=1S/C19H21N3O2S/c1-13-5-4-6-15(11-13)18(24)21-19(25)20-16-9-7-14(8-10-16)12-17(23)22(2)3/h4-11H,12H2,1-3H3,(H2,20,21,24,25). The zero-order chi connectivity index (χ0) is 18.4. The number of hydrogen-bond donors (Lipinski definition) is 2. The summed E-state index contributed by atoms with van der Waals surface area (Å²) < 4.78 is 0. The smallest absolute Gasteiger partial charge is 0.257 e. The molecule has 0 atom stereocenters. The average molecular weight is 355 g/mol. The average Bonchev–Trinajstić information content (AvgIpc) is 2.56. The van der Waals surface area contributed by atoms with Crippen LogP contribution in [0, 0.1) is 6.92 Å². The molecule has 0 spiro atoms. The van der Waals surface area contributed by atoms with Crippen LogP contribution in [0.15, 0.2) is 48.5 Å². The summed E-state index contributed by atoms with van der Waals surface area (Å²) in [6.07, 6.45) is 0.349. The molecule has 0 aliphatic rings. The number of nitrogens with one attached hydrogen (secondary N) is 2. The molecule has 0 saturated heterocycles. The molecule has 2 amide bonds. The number of benzene rings is 2. The van der Waals surface area contributed by atoms with E-state index < -0.39 is 0 Å². The molecule has 2 rings (SSSR count). The zero-order valence-electron chi connectivity index (χ0n) is 14.5. The third-order valence-electron chi connectivity index (χ3n) is 3.57. The number of thiocarbonyl (C=S) groups is 1. The summed E-state index contributed by atoms with van der Waals surface area (Å²) >= 11 is 5.18. The Kier molecular flexibility index (Phi) is 6.25. The van der Waals surface area contributed by atoms with Crippen LogP contribution in [-0.2, 0) is 11.2 Å². The number of hydrogen-bond acceptors (Lipinski definition) is 3. The van der Waals surface area contributed by atoms with Gasteiger partial charge in [0.15, 0.2) is 5.11 Å². The molecule has 0 aliphatic carbocycles. The molecule has 0 saturated carbocycles. The van der Waals surface area contributed by atoms with Crippen LogP contribution in [0.1, 0.15) is 21.5 Å². The quantitative estimate of drug-likeness (QED) is 0.828. The van der Waals surface area contributed by atoms with Gasteiger partial charge in [0.05, 0.1) is 6.42 Å². The number of likely N-dealkylation sites (N-methyl/N-ethyl adjacent to an activating group) is 1. The highest BCUT2D eigenvalue weighted by molar-refractivity contribution is 7.80. The van der Waals surface area contributed by atoms with Gasteiger partial charge in [-0.15, -0.1) is 0 Å². The first-order valence-electron chi connectivity index (χ1n) is 7.83. The summed E-state index contributed by atoms with van der Waals surface area (Å²) in [5.74, 6) is -0.212. The second kappa shape index (κ2) is 8.39. The van der Waals surface area contributed by atoms with Crippen molar-refractivity contribution in [2.75, 3.05) is 19.4 Å². The van der Waals surface area contributed by atoms with Gasteiger partial charge >= 0.3 is 0 Å². The van der Waals surface area contributed by atoms with Crippen molar-refractivity contribution in [3.05, 3.63) is 65.2 Å². The molecule has 130 valence electrons. The van der Waals surface area contributed by atoms with Gasteiger partial charge in [-0.2, -0.15) is 0 Å². The second-order valence-corrected chi connectivity index (χ2v) is 6.35. The molecule has 0 aliphatic heterocycles. The molecule has 2 aromatic carbocycles. The van der Waals surface area contributed by atoms with E-state index >= 15 is 0 Å². The van der Waals surface area contributed by atoms with Crippen molar-refractivity contribution in [2.24, 2.45) is 0 Å². The SMILES string of the molecule is Cc1cccc(C(=O)NC(=S)Nc2ccc(CC(=O)N(C)C)cc2)c1. The van der Waals surface area contributed by atoms with Crippen LogP contribution in [0.25, 0.3) is 0 Å². The summed E-state index contributed by atoms with van der Waals surface area (Å²) in [4.78, 5) is 25.4. The molecule has 6 heteroatoms. The minimum absolute atomic E-state index is 0.0432. The van der Waals surface area contributed by atoms with E-state index in [9.17, 15) is 9.59 Å². The van der Waals surface area contributed by atoms with Gasteiger partial charge < -0.3 is 10.2 Å². The Morgan fingerprint density at radius 1 is 1.08 bits per heavy atom. The number of carbonyl (C=O) groups excluding carboxylic acids is 2. The molecule has 0 aromatic heterocycles. The van der Waals surface area contributed by atoms with Crippen molar-refractivity contribution in [1.82, 2.24) is 10.2 Å². The van der Waals surface area contributed by atoms with Crippen LogP contribution < -0.4 is 10.6 Å². The third kappa shape index (κ3) is 5.69. The van der Waals surface area contributed by atoms with Gasteiger partial charge in [0, 0.05) is 25.3 Å². The van der Waals surface area contributed by atoms with E-state index in [0.717, 1.165) is 16.8 Å². The van der Waals surface area contributed by atoms with Gasteiger partial charge in [0.2, 0.25) is 5.91 Å². The largest absolute Gasteiger partial charge is 0.349 e. The van der Waals surface area contributed by atoms with Gasteiger partial charge in [-0.1, -0.05) is 29.8 Å². The number of rotatable bonds is 4. The summed E-state index contributed by atoms with van der Waals surface area (Å²) in [6.45, 7) is 1.93. The monoisotopic (exact) mass is 355 g/mol. The molecule has 0 fully saturated rings. The van der Waals surface area contributed by atoms with Gasteiger partial charge in [-0.05, 0) is 49.0 Å². The molecule has 25 heavy (non-hydrogen) atoms. The minimum atomic E-state index is -0.255. The number of aryl methyl sites for hydroxylation is 1. The van der Waals surface area contributed by atoms with Crippen LogP contribution in [0.4, 0.5) is 5.69 Å². The van der Waals surface area contributed by atoms with Crippen molar-refractivity contribution in [3.63, 3.8) is 0 Å². The Morgan fingerprint density at radius 2 is 1.76 bits per heavy atom. The van der Waals surface area contributed by atoms with Gasteiger partial charge in [0.1, 0.15) is 0 Å². The van der Waals surface area contributed by atoms with E-state index in [-0.39, 0.29) is 16.9 Å². The van der Waals surface area contributed by atoms with Crippen LogP contribution in [0.2, 0.25) is 0 Å². The zero-order valence-corrected chi connectivity index (χ0v) is 15.3. The predicted molar refractivity (Wildman–Crippen MR) is 104 cm³/mol. The Balaban J connectivity index is 1.92. The lowest BCUT2D eigenvalue weighted by Crippen LogP contribution is -2.34. The number of nitrogens with zero attached hydrogens (tertiary/aromatic N) is 1. The second-order valence-electron chi connectivity index (χ2n) is 5.94. The van der Waals surface area contributed by atoms with E-state index in [4.69, 9.17) is 12.2 Å². The molecule has 5 nitrogen and oxygen atoms in total. The Hall–Kier alpha value is -2.73. The summed E-state index contributed by atoms with van der Waals surface area (Å²) in [5.41, 5.74) is 3.23. The molecule has 0 radical (unpaired) electrons. The summed E-state index contributed by atoms with van der Waals surface area (Å²) in [6, 6.07) is 14.6. The number of anilines is 1. The highest BCUT2D eigenvalue weighted by atomic mass is 32.1. The molecular weight excluding hydrogens is 334 g/mol. The minimum Gasteiger partial charge on any atom is -0.349 e. The van der Waals surface area contributed by atoms with Crippen LogP contribution >= 0.6 is 12.2 Å². The van der Waals surface area contributed by atoms with Crippen LogP contribution in [0.5, 0.6) is 0 Å². The summed E-state index contributed by atoms with van der Waals surface area (Å²) in [7, 11) is 3.46. The van der Waals surface area contributed by atoms with E-state index in [1.54, 1.807) is 31.1 Å². The van der Waals surface area contributed by atoms with Crippen molar-refractivity contribution < 1.29 is 9.59 Å². The van der Waals surface area contributed by atoms with Gasteiger partial charge in [-0.3, -0.25) is 14.9 Å². The van der Waals surface area contributed by atoms with E-state index in [1.165, 1.54) is 0 Å². The van der Waals surface area contributed by atoms with Crippen LogP contribution in [0.3, 0.4) is 0 Å². The fraction of sp³-hybridized carbons (Fsp3) is 0.211. The van der Waals surface area contributed by atoms with Crippen molar-refractivity contribution in [2.45, 2.75) is 13.3 Å². The lowest BCUT2D eigenvalue weighted by atomic mass is 10.1. The third-order valence-corrected chi connectivity index (χ3v) is 3.78. The van der Waals surface area contributed by atoms with Gasteiger partial charge in [-0.25, -0.2) is 0 Å². The normalized spacial score (nSPS) is 10.0. The molecule has 2 aromatic rings.